The Hall–Kier alpha value is -2.17. The zero-order valence-electron chi connectivity index (χ0n) is 16.0. The maximum absolute atomic E-state index is 11.4. The first kappa shape index (κ1) is 21.5. The van der Waals surface area contributed by atoms with Crippen LogP contribution in [0.1, 0.15) is 36.3 Å². The van der Waals surface area contributed by atoms with E-state index in [1.54, 1.807) is 18.3 Å². The van der Waals surface area contributed by atoms with Crippen molar-refractivity contribution >= 4 is 17.7 Å². The molecule has 1 atom stereocenters. The number of aliphatic imine (C=N–C) groups is 1. The average molecular weight is 457 g/mol. The molecular weight excluding hydrogens is 437 g/mol. The molecule has 1 unspecified atom stereocenters. The summed E-state index contributed by atoms with van der Waals surface area (Å²) in [7, 11) is 0. The largest absolute Gasteiger partial charge is 0.465 e. The second kappa shape index (κ2) is 10.6. The molecule has 0 spiro atoms. The fourth-order valence-electron chi connectivity index (χ4n) is 3.41. The summed E-state index contributed by atoms with van der Waals surface area (Å²) < 4.78 is 5.81. The molecule has 1 saturated carbocycles. The van der Waals surface area contributed by atoms with E-state index in [0.717, 1.165) is 29.8 Å². The second-order valence-corrected chi connectivity index (χ2v) is 6.79. The Morgan fingerprint density at radius 3 is 2.62 bits per heavy atom. The summed E-state index contributed by atoms with van der Waals surface area (Å²) in [6.07, 6.45) is 7.67. The van der Waals surface area contributed by atoms with Crippen LogP contribution in [0.2, 0.25) is 0 Å². The summed E-state index contributed by atoms with van der Waals surface area (Å²) in [6, 6.07) is 22.3. The molecule has 29 heavy (non-hydrogen) atoms. The minimum Gasteiger partial charge on any atom is -0.465 e. The minimum absolute atomic E-state index is 0. The molecule has 1 aliphatic carbocycles. The van der Waals surface area contributed by atoms with Crippen LogP contribution < -0.4 is 4.74 Å². The number of Topliss-reactive ketones (excluding diaryl/α,β-unsaturated/α-hetero) is 1. The maximum Gasteiger partial charge on any atom is 0.220 e. The number of fused-ring (bicyclic) bond motifs is 1. The number of hydrogen-bond acceptors (Lipinski definition) is 4. The van der Waals surface area contributed by atoms with Gasteiger partial charge in [0.15, 0.2) is 0 Å². The van der Waals surface area contributed by atoms with E-state index in [-0.39, 0.29) is 38.6 Å². The fraction of sp³-hybridized carbons (Fsp3) is 0.208. The molecule has 3 aromatic rings. The maximum atomic E-state index is 11.4. The Morgan fingerprint density at radius 1 is 1.03 bits per heavy atom. The van der Waals surface area contributed by atoms with Crippen LogP contribution in [0.25, 0.3) is 0 Å². The van der Waals surface area contributed by atoms with Gasteiger partial charge in [0.25, 0.3) is 0 Å². The molecule has 5 heteroatoms. The number of rotatable bonds is 3. The van der Waals surface area contributed by atoms with Crippen LogP contribution in [0.3, 0.4) is 0 Å². The molecule has 4 nitrogen and oxygen atoms in total. The average Bonchev–Trinajstić information content (AvgIpc) is 3.38. The molecule has 0 N–H and O–H groups in total. The fourth-order valence-corrected chi connectivity index (χ4v) is 3.41. The third kappa shape index (κ3) is 5.68. The number of ether oxygens (including phenoxy) is 1. The Kier molecular flexibility index (Phi) is 7.85. The first-order valence-corrected chi connectivity index (χ1v) is 9.41. The number of ketones is 1. The van der Waals surface area contributed by atoms with E-state index in [9.17, 15) is 4.79 Å². The van der Waals surface area contributed by atoms with Crippen LogP contribution in [-0.2, 0) is 43.9 Å². The number of aromatic nitrogens is 1. The van der Waals surface area contributed by atoms with E-state index >= 15 is 0 Å². The third-order valence-electron chi connectivity index (χ3n) is 4.85. The molecular formula is C24H20N2O2Y-2. The monoisotopic (exact) mass is 457 g/mol. The van der Waals surface area contributed by atoms with Crippen molar-refractivity contribution in [3.8, 4) is 11.6 Å². The predicted octanol–water partition coefficient (Wildman–Crippen LogP) is 5.33. The molecule has 0 amide bonds. The smallest absolute Gasteiger partial charge is 0.220 e. The van der Waals surface area contributed by atoms with E-state index in [4.69, 9.17) is 4.74 Å². The number of carbonyl (C=O) groups excluding carboxylic acids is 1. The summed E-state index contributed by atoms with van der Waals surface area (Å²) in [5.41, 5.74) is 3.40. The van der Waals surface area contributed by atoms with Crippen molar-refractivity contribution in [2.24, 2.45) is 4.99 Å². The topological polar surface area (TPSA) is 51.5 Å². The number of pyridine rings is 1. The van der Waals surface area contributed by atoms with Crippen molar-refractivity contribution in [1.29, 1.82) is 0 Å². The summed E-state index contributed by atoms with van der Waals surface area (Å²) in [4.78, 5) is 19.8. The Bertz CT molecular complexity index is 989. The number of para-hydroxylation sites is 1. The molecule has 2 aliphatic rings. The molecule has 143 valence electrons. The normalized spacial score (nSPS) is 16.4. The van der Waals surface area contributed by atoms with Crippen molar-refractivity contribution in [2.45, 2.75) is 31.6 Å². The van der Waals surface area contributed by atoms with Gasteiger partial charge in [-0.05, 0) is 18.4 Å². The van der Waals surface area contributed by atoms with Gasteiger partial charge in [0.1, 0.15) is 5.78 Å². The zero-order chi connectivity index (χ0) is 19.2. The van der Waals surface area contributed by atoms with E-state index in [1.165, 1.54) is 5.56 Å². The van der Waals surface area contributed by atoms with Gasteiger partial charge in [0.2, 0.25) is 5.88 Å². The standard InChI is InChI=1S/C16H14NO2.C8H6N.Y/c18-13-9-8-12(11-13)15-7-4-10-17-16(15)19-14-5-2-1-3-6-14;1-2-4-8-7(3-1)5-6-9-8;/h2-7,10,12H,8-9,11H2;1-4H,5H2;/q2*-1;. The number of nitrogens with zero attached hydrogens (tertiary/aromatic N) is 2. The Balaban J connectivity index is 0.000000201. The van der Waals surface area contributed by atoms with Crippen molar-refractivity contribution in [1.82, 2.24) is 4.98 Å². The molecule has 1 radical (unpaired) electrons. The van der Waals surface area contributed by atoms with Crippen molar-refractivity contribution in [3.05, 3.63) is 84.1 Å². The quantitative estimate of drug-likeness (QED) is 0.500. The molecule has 2 heterocycles. The number of benzene rings is 2. The van der Waals surface area contributed by atoms with Gasteiger partial charge >= 0.3 is 0 Å². The van der Waals surface area contributed by atoms with E-state index in [0.29, 0.717) is 24.5 Å². The van der Waals surface area contributed by atoms with E-state index < -0.39 is 0 Å². The summed E-state index contributed by atoms with van der Waals surface area (Å²) in [6.45, 7) is 0. The van der Waals surface area contributed by atoms with Crippen LogP contribution in [0.4, 0.5) is 5.69 Å². The first-order chi connectivity index (χ1) is 13.8. The summed E-state index contributed by atoms with van der Waals surface area (Å²) in [5.74, 6) is 1.91. The van der Waals surface area contributed by atoms with Gasteiger partial charge in [-0.1, -0.05) is 36.4 Å². The van der Waals surface area contributed by atoms with Gasteiger partial charge in [0.05, 0.1) is 0 Å². The van der Waals surface area contributed by atoms with Crippen molar-refractivity contribution in [3.63, 3.8) is 0 Å². The predicted molar refractivity (Wildman–Crippen MR) is 108 cm³/mol. The molecule has 5 rings (SSSR count). The molecule has 1 aromatic heterocycles. The first-order valence-electron chi connectivity index (χ1n) is 9.41. The van der Waals surface area contributed by atoms with Gasteiger partial charge in [-0.2, -0.15) is 24.4 Å². The van der Waals surface area contributed by atoms with Crippen LogP contribution >= 0.6 is 0 Å². The van der Waals surface area contributed by atoms with Gasteiger partial charge in [-0.3, -0.25) is 4.79 Å². The molecule has 0 saturated heterocycles. The van der Waals surface area contributed by atoms with E-state index in [2.05, 4.69) is 28.3 Å². The van der Waals surface area contributed by atoms with E-state index in [1.807, 2.05) is 42.5 Å². The van der Waals surface area contributed by atoms with Crippen molar-refractivity contribution in [2.75, 3.05) is 0 Å². The van der Waals surface area contributed by atoms with Crippen LogP contribution in [-0.4, -0.2) is 17.0 Å². The van der Waals surface area contributed by atoms with Crippen molar-refractivity contribution < 1.29 is 42.2 Å². The van der Waals surface area contributed by atoms with Crippen LogP contribution in [0.5, 0.6) is 11.6 Å². The van der Waals surface area contributed by atoms with Gasteiger partial charge in [-0.25, -0.2) is 4.98 Å². The van der Waals surface area contributed by atoms with Crippen LogP contribution in [0.15, 0.2) is 71.9 Å². The zero-order valence-corrected chi connectivity index (χ0v) is 18.9. The van der Waals surface area contributed by atoms with Gasteiger partial charge in [0, 0.05) is 63.1 Å². The summed E-state index contributed by atoms with van der Waals surface area (Å²) >= 11 is 0. The minimum atomic E-state index is 0. The molecule has 0 bridgehead atoms. The molecule has 2 aromatic carbocycles. The SMILES string of the molecule is O=C1CCC(c2cccnc2Oc2cc[c-]cc2)C1.[C-]1=Nc2ccccc2C1.[Y]. The summed E-state index contributed by atoms with van der Waals surface area (Å²) in [5, 5.41) is 0. The third-order valence-corrected chi connectivity index (χ3v) is 4.85. The molecule has 1 fully saturated rings. The Morgan fingerprint density at radius 2 is 1.86 bits per heavy atom. The van der Waals surface area contributed by atoms with Gasteiger partial charge < -0.3 is 9.73 Å². The van der Waals surface area contributed by atoms with Gasteiger partial charge in [-0.15, -0.1) is 23.8 Å². The second-order valence-electron chi connectivity index (χ2n) is 6.79. The Labute approximate surface area is 196 Å². The number of carbonyl (C=O) groups is 1. The molecule has 1 aliphatic heterocycles. The van der Waals surface area contributed by atoms with Crippen LogP contribution in [0, 0.1) is 6.07 Å². The number of hydrogen-bond donors (Lipinski definition) is 0.